The number of fused-ring (bicyclic) bond motifs is 2. The van der Waals surface area contributed by atoms with Crippen molar-refractivity contribution in [2.75, 3.05) is 6.61 Å². The van der Waals surface area contributed by atoms with Crippen molar-refractivity contribution in [2.45, 2.75) is 6.42 Å². The molecular weight excluding hydrogens is 375 g/mol. The summed E-state index contributed by atoms with van der Waals surface area (Å²) in [4.78, 5) is 17.2. The molecule has 0 unspecified atom stereocenters. The molecule has 5 nitrogen and oxygen atoms in total. The normalized spacial score (nSPS) is 11.3. The first-order chi connectivity index (χ1) is 13.8. The molecule has 0 aliphatic heterocycles. The van der Waals surface area contributed by atoms with Crippen molar-refractivity contribution in [1.29, 1.82) is 0 Å². The molecule has 5 rings (SSSR count). The molecule has 0 amide bonds. The first kappa shape index (κ1) is 16.8. The number of aromatic amines is 1. The third kappa shape index (κ3) is 3.20. The fraction of sp³-hybridized carbons (Fsp3) is 0.0952. The van der Waals surface area contributed by atoms with Crippen molar-refractivity contribution in [3.8, 4) is 16.6 Å². The van der Waals surface area contributed by atoms with E-state index in [2.05, 4.69) is 32.1 Å². The Morgan fingerprint density at radius 2 is 2.00 bits per heavy atom. The number of halogens is 1. The van der Waals surface area contributed by atoms with Crippen molar-refractivity contribution < 1.29 is 9.13 Å². The number of nitrogens with one attached hydrogen (secondary N) is 1. The molecule has 0 saturated heterocycles. The minimum atomic E-state index is -0.313. The summed E-state index contributed by atoms with van der Waals surface area (Å²) in [6, 6.07) is 14.4. The van der Waals surface area contributed by atoms with Crippen LogP contribution in [0, 0.1) is 5.82 Å². The lowest BCUT2D eigenvalue weighted by Gasteiger charge is -2.01. The first-order valence-corrected chi connectivity index (χ1v) is 9.65. The maximum absolute atomic E-state index is 13.4. The molecule has 138 valence electrons. The average Bonchev–Trinajstić information content (AvgIpc) is 3.31. The average molecular weight is 390 g/mol. The van der Waals surface area contributed by atoms with E-state index in [-0.39, 0.29) is 5.82 Å². The summed E-state index contributed by atoms with van der Waals surface area (Å²) in [6.45, 7) is 0.520. The third-order valence-electron chi connectivity index (χ3n) is 4.49. The van der Waals surface area contributed by atoms with Gasteiger partial charge in [-0.1, -0.05) is 41.7 Å². The highest BCUT2D eigenvalue weighted by atomic mass is 32.1. The smallest absolute Gasteiger partial charge is 0.275 e. The van der Waals surface area contributed by atoms with Crippen LogP contribution in [0.5, 0.6) is 5.19 Å². The molecule has 3 aromatic heterocycles. The number of ether oxygens (including phenoxy) is 1. The van der Waals surface area contributed by atoms with E-state index in [0.717, 1.165) is 16.8 Å². The third-order valence-corrected chi connectivity index (χ3v) is 5.36. The molecule has 0 aliphatic rings. The molecule has 3 heterocycles. The molecule has 2 aromatic carbocycles. The van der Waals surface area contributed by atoms with Crippen molar-refractivity contribution in [2.24, 2.45) is 0 Å². The van der Waals surface area contributed by atoms with Gasteiger partial charge >= 0.3 is 0 Å². The minimum absolute atomic E-state index is 0.313. The Morgan fingerprint density at radius 1 is 1.07 bits per heavy atom. The standard InChI is InChI=1S/C21H15FN4OS/c22-15-5-3-4-13(10-15)19-24-12-18-20(26-19)28-21(25-18)27-9-8-14-11-23-17-7-2-1-6-16(14)17/h1-7,10-12,23H,8-9H2. The Hall–Kier alpha value is -3.32. The molecule has 0 atom stereocenters. The Balaban J connectivity index is 1.32. The predicted molar refractivity (Wildman–Crippen MR) is 108 cm³/mol. The van der Waals surface area contributed by atoms with Crippen molar-refractivity contribution in [3.05, 3.63) is 72.3 Å². The molecule has 1 N–H and O–H groups in total. The second-order valence-corrected chi connectivity index (χ2v) is 7.27. The predicted octanol–water partition coefficient (Wildman–Crippen LogP) is 5.00. The van der Waals surface area contributed by atoms with Gasteiger partial charge in [-0.25, -0.2) is 14.4 Å². The van der Waals surface area contributed by atoms with Crippen LogP contribution in [0.25, 0.3) is 32.6 Å². The van der Waals surface area contributed by atoms with Crippen LogP contribution in [0.2, 0.25) is 0 Å². The maximum Gasteiger partial charge on any atom is 0.275 e. The Kier molecular flexibility index (Phi) is 4.21. The number of hydrogen-bond acceptors (Lipinski definition) is 5. The zero-order valence-corrected chi connectivity index (χ0v) is 15.5. The molecule has 0 bridgehead atoms. The van der Waals surface area contributed by atoms with Crippen LogP contribution in [-0.2, 0) is 6.42 Å². The van der Waals surface area contributed by atoms with Gasteiger partial charge in [0.25, 0.3) is 5.19 Å². The highest BCUT2D eigenvalue weighted by Crippen LogP contribution is 2.28. The summed E-state index contributed by atoms with van der Waals surface area (Å²) < 4.78 is 19.3. The summed E-state index contributed by atoms with van der Waals surface area (Å²) >= 11 is 1.37. The quantitative estimate of drug-likeness (QED) is 0.459. The van der Waals surface area contributed by atoms with Gasteiger partial charge < -0.3 is 9.72 Å². The minimum Gasteiger partial charge on any atom is -0.470 e. The van der Waals surface area contributed by atoms with E-state index in [4.69, 9.17) is 4.74 Å². The maximum atomic E-state index is 13.4. The molecule has 0 aliphatic carbocycles. The number of nitrogens with zero attached hydrogens (tertiary/aromatic N) is 3. The van der Waals surface area contributed by atoms with Crippen LogP contribution in [-0.4, -0.2) is 26.5 Å². The highest BCUT2D eigenvalue weighted by molar-refractivity contribution is 7.19. The van der Waals surface area contributed by atoms with Crippen molar-refractivity contribution in [3.63, 3.8) is 0 Å². The van der Waals surface area contributed by atoms with Gasteiger partial charge in [-0.2, -0.15) is 4.98 Å². The van der Waals surface area contributed by atoms with E-state index < -0.39 is 0 Å². The van der Waals surface area contributed by atoms with E-state index in [1.54, 1.807) is 18.3 Å². The fourth-order valence-electron chi connectivity index (χ4n) is 3.13. The summed E-state index contributed by atoms with van der Waals surface area (Å²) in [6.07, 6.45) is 4.44. The SMILES string of the molecule is Fc1cccc(-c2ncc3nc(OCCc4c[nH]c5ccccc45)sc3n2)c1. The topological polar surface area (TPSA) is 63.7 Å². The second kappa shape index (κ2) is 7.01. The molecule has 0 fully saturated rings. The summed E-state index contributed by atoms with van der Waals surface area (Å²) in [7, 11) is 0. The summed E-state index contributed by atoms with van der Waals surface area (Å²) in [5, 5.41) is 1.77. The number of benzene rings is 2. The van der Waals surface area contributed by atoms with Crippen molar-refractivity contribution >= 4 is 32.6 Å². The number of H-pyrrole nitrogens is 1. The number of aromatic nitrogens is 4. The number of hydrogen-bond donors (Lipinski definition) is 1. The van der Waals surface area contributed by atoms with E-state index in [0.29, 0.717) is 28.7 Å². The van der Waals surface area contributed by atoms with Gasteiger partial charge in [-0.3, -0.25) is 0 Å². The lowest BCUT2D eigenvalue weighted by molar-refractivity contribution is 0.321. The highest BCUT2D eigenvalue weighted by Gasteiger charge is 2.10. The van der Waals surface area contributed by atoms with Crippen LogP contribution >= 0.6 is 11.3 Å². The first-order valence-electron chi connectivity index (χ1n) is 8.83. The van der Waals surface area contributed by atoms with Crippen LogP contribution in [0.15, 0.2) is 60.9 Å². The Morgan fingerprint density at radius 3 is 2.93 bits per heavy atom. The van der Waals surface area contributed by atoms with Gasteiger partial charge in [0.1, 0.15) is 11.3 Å². The van der Waals surface area contributed by atoms with Gasteiger partial charge in [-0.15, -0.1) is 0 Å². The monoisotopic (exact) mass is 390 g/mol. The molecule has 0 radical (unpaired) electrons. The number of thiazole rings is 1. The van der Waals surface area contributed by atoms with Gasteiger partial charge in [0.05, 0.1) is 12.8 Å². The van der Waals surface area contributed by atoms with Crippen LogP contribution in [0.3, 0.4) is 0 Å². The second-order valence-electron chi connectivity index (χ2n) is 6.33. The van der Waals surface area contributed by atoms with E-state index >= 15 is 0 Å². The van der Waals surface area contributed by atoms with Gasteiger partial charge in [-0.05, 0) is 23.8 Å². The lowest BCUT2D eigenvalue weighted by Crippen LogP contribution is -2.00. The largest absolute Gasteiger partial charge is 0.470 e. The molecule has 7 heteroatoms. The van der Waals surface area contributed by atoms with Crippen molar-refractivity contribution in [1.82, 2.24) is 19.9 Å². The number of para-hydroxylation sites is 1. The zero-order chi connectivity index (χ0) is 18.9. The Bertz CT molecular complexity index is 1280. The van der Waals surface area contributed by atoms with Crippen LogP contribution < -0.4 is 4.74 Å². The Labute approximate surface area is 163 Å². The summed E-state index contributed by atoms with van der Waals surface area (Å²) in [5.41, 5.74) is 3.65. The lowest BCUT2D eigenvalue weighted by atomic mass is 10.1. The van der Waals surface area contributed by atoms with Crippen LogP contribution in [0.1, 0.15) is 5.56 Å². The molecule has 5 aromatic rings. The number of rotatable bonds is 5. The summed E-state index contributed by atoms with van der Waals surface area (Å²) in [5.74, 6) is 0.160. The van der Waals surface area contributed by atoms with E-state index in [1.165, 1.54) is 34.4 Å². The van der Waals surface area contributed by atoms with Gasteiger partial charge in [0.2, 0.25) is 0 Å². The van der Waals surface area contributed by atoms with E-state index in [1.807, 2.05) is 18.3 Å². The van der Waals surface area contributed by atoms with Crippen LogP contribution in [0.4, 0.5) is 4.39 Å². The molecule has 0 saturated carbocycles. The fourth-order valence-corrected chi connectivity index (χ4v) is 3.92. The van der Waals surface area contributed by atoms with Gasteiger partial charge in [0.15, 0.2) is 10.7 Å². The molecule has 0 spiro atoms. The molecular formula is C21H15FN4OS. The molecule has 28 heavy (non-hydrogen) atoms. The zero-order valence-electron chi connectivity index (χ0n) is 14.7. The van der Waals surface area contributed by atoms with Gasteiger partial charge in [0, 0.05) is 29.1 Å². The van der Waals surface area contributed by atoms with E-state index in [9.17, 15) is 4.39 Å².